The predicted molar refractivity (Wildman–Crippen MR) is 349 cm³/mol. The van der Waals surface area contributed by atoms with E-state index in [0.717, 1.165) is 34.1 Å². The molecule has 0 amide bonds. The average Bonchev–Trinajstić information content (AvgIpc) is 2.83. The third-order valence-corrected chi connectivity index (χ3v) is 18.4. The lowest BCUT2D eigenvalue weighted by atomic mass is 9.79. The molecule has 2 aliphatic carbocycles. The molecule has 0 heterocycles. The van der Waals surface area contributed by atoms with Crippen LogP contribution >= 0.6 is 0 Å². The first kappa shape index (κ1) is 47.9. The third kappa shape index (κ3) is 7.20. The Kier molecular flexibility index (Phi) is 10.7. The highest BCUT2D eigenvalue weighted by Crippen LogP contribution is 2.55. The highest BCUT2D eigenvalue weighted by atomic mass is 15.2. The van der Waals surface area contributed by atoms with E-state index in [2.05, 4.69) is 317 Å². The monoisotopic (exact) mass is 1050 g/mol. The van der Waals surface area contributed by atoms with E-state index >= 15 is 0 Å². The van der Waals surface area contributed by atoms with Crippen molar-refractivity contribution in [1.29, 1.82) is 0 Å². The quantitative estimate of drug-likeness (QED) is 0.140. The van der Waals surface area contributed by atoms with Gasteiger partial charge >= 0.3 is 0 Å². The minimum atomic E-state index is -0.200. The van der Waals surface area contributed by atoms with Crippen molar-refractivity contribution in [2.75, 3.05) is 9.80 Å². The SMILES string of the molecule is CC1(C)c2ccccc2-c2ccc(-c3c4ccc(N(c5cccc6ccccc56)c5cccc6ccccc56)cc4c(-c4ccc5c(c4)C(C)(C)c4ccccc4-5)c4ccc(N(c5ccccc5)c5cccc6ccccc56)cc34)cc21. The molecule has 0 fully saturated rings. The van der Waals surface area contributed by atoms with Gasteiger partial charge in [0, 0.05) is 44.1 Å². The van der Waals surface area contributed by atoms with E-state index in [9.17, 15) is 0 Å². The molecule has 16 rings (SSSR count). The van der Waals surface area contributed by atoms with Crippen LogP contribution in [-0.4, -0.2) is 0 Å². The molecule has 0 spiro atoms. The number of hydrogen-bond acceptors (Lipinski definition) is 2. The van der Waals surface area contributed by atoms with Gasteiger partial charge in [-0.15, -0.1) is 0 Å². The van der Waals surface area contributed by atoms with Gasteiger partial charge in [-0.3, -0.25) is 0 Å². The summed E-state index contributed by atoms with van der Waals surface area (Å²) in [5, 5.41) is 12.0. The first-order valence-corrected chi connectivity index (χ1v) is 28.8. The van der Waals surface area contributed by atoms with Crippen molar-refractivity contribution in [2.45, 2.75) is 38.5 Å². The highest BCUT2D eigenvalue weighted by Gasteiger charge is 2.37. The Morgan fingerprint density at radius 3 is 1.06 bits per heavy atom. The number of benzene rings is 14. The molecule has 0 aromatic heterocycles. The van der Waals surface area contributed by atoms with Crippen molar-refractivity contribution in [3.8, 4) is 44.5 Å². The Morgan fingerprint density at radius 2 is 0.598 bits per heavy atom. The van der Waals surface area contributed by atoms with Crippen LogP contribution in [0.5, 0.6) is 0 Å². The fraction of sp³-hybridized carbons (Fsp3) is 0.0750. The molecule has 0 bridgehead atoms. The topological polar surface area (TPSA) is 6.48 Å². The molecule has 2 nitrogen and oxygen atoms in total. The first-order valence-electron chi connectivity index (χ1n) is 28.8. The lowest BCUT2D eigenvalue weighted by Crippen LogP contribution is -2.15. The molecule has 0 atom stereocenters. The van der Waals surface area contributed by atoms with Gasteiger partial charge in [-0.25, -0.2) is 0 Å². The molecular weight excluding hydrogens is 989 g/mol. The first-order chi connectivity index (χ1) is 40.2. The molecule has 0 saturated carbocycles. The lowest BCUT2D eigenvalue weighted by Gasteiger charge is -2.30. The van der Waals surface area contributed by atoms with Crippen molar-refractivity contribution >= 4 is 88.0 Å². The van der Waals surface area contributed by atoms with E-state index in [1.165, 1.54) is 121 Å². The number of para-hydroxylation sites is 1. The zero-order chi connectivity index (χ0) is 54.8. The zero-order valence-electron chi connectivity index (χ0n) is 46.5. The summed E-state index contributed by atoms with van der Waals surface area (Å²) < 4.78 is 0. The highest BCUT2D eigenvalue weighted by molar-refractivity contribution is 6.23. The van der Waals surface area contributed by atoms with Crippen LogP contribution in [0.15, 0.2) is 279 Å². The van der Waals surface area contributed by atoms with Gasteiger partial charge in [0.2, 0.25) is 0 Å². The van der Waals surface area contributed by atoms with Crippen molar-refractivity contribution in [2.24, 2.45) is 0 Å². The molecule has 0 unspecified atom stereocenters. The summed E-state index contributed by atoms with van der Waals surface area (Å²) in [5.41, 5.74) is 21.8. The molecule has 2 heteroatoms. The van der Waals surface area contributed by atoms with E-state index < -0.39 is 0 Å². The average molecular weight is 1050 g/mol. The minimum absolute atomic E-state index is 0.198. The lowest BCUT2D eigenvalue weighted by molar-refractivity contribution is 0.660. The zero-order valence-corrected chi connectivity index (χ0v) is 46.5. The second-order valence-corrected chi connectivity index (χ2v) is 23.6. The van der Waals surface area contributed by atoms with Crippen molar-refractivity contribution in [3.63, 3.8) is 0 Å². The van der Waals surface area contributed by atoms with Crippen LogP contribution in [0.4, 0.5) is 34.1 Å². The van der Waals surface area contributed by atoms with E-state index in [4.69, 9.17) is 0 Å². The predicted octanol–water partition coefficient (Wildman–Crippen LogP) is 22.3. The Balaban J connectivity index is 1.04. The third-order valence-electron chi connectivity index (χ3n) is 18.4. The van der Waals surface area contributed by atoms with Crippen LogP contribution in [0.1, 0.15) is 49.9 Å². The van der Waals surface area contributed by atoms with Crippen LogP contribution < -0.4 is 9.80 Å². The van der Waals surface area contributed by atoms with Crippen molar-refractivity contribution < 1.29 is 0 Å². The van der Waals surface area contributed by atoms with Crippen LogP contribution in [0.2, 0.25) is 0 Å². The Morgan fingerprint density at radius 1 is 0.232 bits per heavy atom. The standard InChI is InChI=1S/C80H58N2/c1-79(2)70-34-16-14-32-62(70)64-43-39-54(47-72(64)79)77-67-46-42-58(82(75-37-19-25-52-22-9-12-30-60(52)75)76-38-20-26-53-23-10-13-31-61(53)76)50-69(67)78(55-40-44-65-63-33-15-17-35-71(63)80(3,4)73(65)48-55)66-45-41-57(49-68(66)77)81(56-27-6-5-7-28-56)74-36-18-24-51-21-8-11-29-59(51)74/h5-50H,1-4H3. The van der Waals surface area contributed by atoms with Crippen molar-refractivity contribution in [3.05, 3.63) is 301 Å². The number of anilines is 6. The Hall–Kier alpha value is -10.0. The van der Waals surface area contributed by atoms with Gasteiger partial charge in [-0.05, 0) is 171 Å². The molecule has 2 aliphatic rings. The van der Waals surface area contributed by atoms with E-state index in [1.54, 1.807) is 0 Å². The molecule has 0 aliphatic heterocycles. The van der Waals surface area contributed by atoms with Crippen LogP contribution in [-0.2, 0) is 10.8 Å². The summed E-state index contributed by atoms with van der Waals surface area (Å²) in [4.78, 5) is 4.97. The van der Waals surface area contributed by atoms with Gasteiger partial charge < -0.3 is 9.80 Å². The minimum Gasteiger partial charge on any atom is -0.310 e. The summed E-state index contributed by atoms with van der Waals surface area (Å²) in [7, 11) is 0. The Labute approximate surface area is 479 Å². The Bertz CT molecular complexity index is 4850. The maximum atomic E-state index is 2.53. The fourth-order valence-electron chi connectivity index (χ4n) is 14.4. The fourth-order valence-corrected chi connectivity index (χ4v) is 14.4. The van der Waals surface area contributed by atoms with Gasteiger partial charge in [0.15, 0.2) is 0 Å². The molecule has 0 saturated heterocycles. The number of hydrogen-bond donors (Lipinski definition) is 0. The summed E-state index contributed by atoms with van der Waals surface area (Å²) in [5.74, 6) is 0. The maximum Gasteiger partial charge on any atom is 0.0540 e. The summed E-state index contributed by atoms with van der Waals surface area (Å²) in [6, 6.07) is 105. The molecule has 388 valence electrons. The van der Waals surface area contributed by atoms with Crippen LogP contribution in [0.3, 0.4) is 0 Å². The molecule has 0 N–H and O–H groups in total. The molecule has 82 heavy (non-hydrogen) atoms. The second kappa shape index (κ2) is 18.3. The molecule has 14 aromatic carbocycles. The van der Waals surface area contributed by atoms with Crippen LogP contribution in [0, 0.1) is 0 Å². The van der Waals surface area contributed by atoms with Crippen molar-refractivity contribution in [1.82, 2.24) is 0 Å². The molecule has 14 aromatic rings. The maximum absolute atomic E-state index is 2.53. The normalized spacial score (nSPS) is 13.6. The van der Waals surface area contributed by atoms with Gasteiger partial charge in [-0.2, -0.15) is 0 Å². The van der Waals surface area contributed by atoms with Gasteiger partial charge in [-0.1, -0.05) is 240 Å². The van der Waals surface area contributed by atoms with Gasteiger partial charge in [0.25, 0.3) is 0 Å². The second-order valence-electron chi connectivity index (χ2n) is 23.6. The van der Waals surface area contributed by atoms with E-state index in [0.29, 0.717) is 0 Å². The molecular formula is C80H58N2. The summed E-state index contributed by atoms with van der Waals surface area (Å²) in [6.45, 7) is 9.60. The smallest absolute Gasteiger partial charge is 0.0540 e. The van der Waals surface area contributed by atoms with Crippen LogP contribution in [0.25, 0.3) is 98.4 Å². The van der Waals surface area contributed by atoms with Gasteiger partial charge in [0.1, 0.15) is 0 Å². The number of fused-ring (bicyclic) bond motifs is 11. The van der Waals surface area contributed by atoms with E-state index in [1.807, 2.05) is 0 Å². The van der Waals surface area contributed by atoms with Gasteiger partial charge in [0.05, 0.1) is 17.1 Å². The number of rotatable bonds is 8. The molecule has 0 radical (unpaired) electrons. The van der Waals surface area contributed by atoms with E-state index in [-0.39, 0.29) is 10.8 Å². The summed E-state index contributed by atoms with van der Waals surface area (Å²) >= 11 is 0. The largest absolute Gasteiger partial charge is 0.310 e. The number of nitrogens with zero attached hydrogens (tertiary/aromatic N) is 2. The summed E-state index contributed by atoms with van der Waals surface area (Å²) in [6.07, 6.45) is 0.